The van der Waals surface area contributed by atoms with E-state index in [-0.39, 0.29) is 45.5 Å². The molecule has 0 aliphatic heterocycles. The summed E-state index contributed by atoms with van der Waals surface area (Å²) in [6.45, 7) is 0. The molecule has 8 nitrogen and oxygen atoms in total. The van der Waals surface area contributed by atoms with E-state index in [2.05, 4.69) is 0 Å². The first kappa shape index (κ1) is 19.2. The molecule has 0 saturated heterocycles. The van der Waals surface area contributed by atoms with Gasteiger partial charge in [0.15, 0.2) is 17.1 Å². The zero-order chi connectivity index (χ0) is 20.4. The van der Waals surface area contributed by atoms with Crippen LogP contribution in [0.1, 0.15) is 0 Å². The van der Waals surface area contributed by atoms with Crippen molar-refractivity contribution >= 4 is 11.0 Å². The molecule has 0 bridgehead atoms. The largest absolute Gasteiger partial charge is 0.501 e. The first-order chi connectivity index (χ1) is 13.5. The number of hydrogen-bond acceptors (Lipinski definition) is 8. The summed E-state index contributed by atoms with van der Waals surface area (Å²) in [6, 6.07) is 7.00. The van der Waals surface area contributed by atoms with Crippen molar-refractivity contribution in [2.45, 2.75) is 0 Å². The number of para-hydroxylation sites is 1. The Hall–Kier alpha value is -3.55. The van der Waals surface area contributed by atoms with E-state index >= 15 is 0 Å². The molecule has 0 amide bonds. The van der Waals surface area contributed by atoms with Gasteiger partial charge in [0.1, 0.15) is 11.1 Å². The molecule has 1 heterocycles. The molecule has 1 aromatic heterocycles. The van der Waals surface area contributed by atoms with E-state index in [1.165, 1.54) is 35.5 Å². The number of ether oxygens (including phenoxy) is 5. The van der Waals surface area contributed by atoms with Gasteiger partial charge in [0, 0.05) is 0 Å². The van der Waals surface area contributed by atoms with Crippen LogP contribution in [0.25, 0.3) is 22.3 Å². The lowest BCUT2D eigenvalue weighted by Gasteiger charge is -2.17. The first-order valence-corrected chi connectivity index (χ1v) is 8.23. The van der Waals surface area contributed by atoms with Crippen LogP contribution in [0.4, 0.5) is 0 Å². The summed E-state index contributed by atoms with van der Waals surface area (Å²) in [5.74, 6) is 0.0947. The van der Waals surface area contributed by atoms with Crippen LogP contribution in [-0.2, 0) is 0 Å². The van der Waals surface area contributed by atoms with Crippen LogP contribution >= 0.6 is 0 Å². The topological polar surface area (TPSA) is 96.6 Å². The Kier molecular flexibility index (Phi) is 5.21. The Morgan fingerprint density at radius 1 is 0.786 bits per heavy atom. The summed E-state index contributed by atoms with van der Waals surface area (Å²) >= 11 is 0. The Balaban J connectivity index is 2.56. The summed E-state index contributed by atoms with van der Waals surface area (Å²) in [6.07, 6.45) is 0. The van der Waals surface area contributed by atoms with Crippen LogP contribution in [0.2, 0.25) is 0 Å². The number of phenols is 1. The van der Waals surface area contributed by atoms with Crippen molar-refractivity contribution in [3.8, 4) is 45.8 Å². The van der Waals surface area contributed by atoms with Crippen molar-refractivity contribution in [1.82, 2.24) is 0 Å². The van der Waals surface area contributed by atoms with E-state index < -0.39 is 5.43 Å². The molecular weight excluding hydrogens is 368 g/mol. The zero-order valence-corrected chi connectivity index (χ0v) is 16.1. The number of benzene rings is 2. The van der Waals surface area contributed by atoms with Gasteiger partial charge in [0.2, 0.25) is 28.4 Å². The van der Waals surface area contributed by atoms with Crippen molar-refractivity contribution in [1.29, 1.82) is 0 Å². The fourth-order valence-electron chi connectivity index (χ4n) is 3.09. The Morgan fingerprint density at radius 3 is 1.96 bits per heavy atom. The van der Waals surface area contributed by atoms with E-state index in [4.69, 9.17) is 28.1 Å². The number of fused-ring (bicyclic) bond motifs is 1. The Bertz CT molecular complexity index is 1080. The predicted octanol–water partition coefficient (Wildman–Crippen LogP) is 3.21. The molecule has 1 N–H and O–H groups in total. The predicted molar refractivity (Wildman–Crippen MR) is 102 cm³/mol. The van der Waals surface area contributed by atoms with Crippen molar-refractivity contribution in [3.63, 3.8) is 0 Å². The summed E-state index contributed by atoms with van der Waals surface area (Å²) < 4.78 is 32.5. The highest BCUT2D eigenvalue weighted by molar-refractivity contribution is 5.96. The average molecular weight is 388 g/mol. The number of methoxy groups -OCH3 is 5. The van der Waals surface area contributed by atoms with E-state index in [1.807, 2.05) is 0 Å². The normalized spacial score (nSPS) is 10.6. The van der Waals surface area contributed by atoms with Gasteiger partial charge in [-0.25, -0.2) is 0 Å². The molecule has 0 spiro atoms. The van der Waals surface area contributed by atoms with Gasteiger partial charge < -0.3 is 33.2 Å². The molecule has 2 aromatic carbocycles. The number of aromatic hydroxyl groups is 1. The molecule has 0 radical (unpaired) electrons. The van der Waals surface area contributed by atoms with Crippen molar-refractivity contribution < 1.29 is 33.2 Å². The fraction of sp³-hybridized carbons (Fsp3) is 0.250. The van der Waals surface area contributed by atoms with Crippen LogP contribution in [0.15, 0.2) is 33.5 Å². The van der Waals surface area contributed by atoms with Crippen molar-refractivity contribution in [2.24, 2.45) is 0 Å². The summed E-state index contributed by atoms with van der Waals surface area (Å²) in [7, 11) is 6.89. The van der Waals surface area contributed by atoms with Crippen LogP contribution in [-0.4, -0.2) is 40.7 Å². The first-order valence-electron chi connectivity index (χ1n) is 8.23. The molecule has 3 aromatic rings. The zero-order valence-electron chi connectivity index (χ0n) is 16.1. The Morgan fingerprint density at radius 2 is 1.39 bits per heavy atom. The molecule has 0 saturated carbocycles. The van der Waals surface area contributed by atoms with Gasteiger partial charge in [-0.3, -0.25) is 4.79 Å². The smallest absolute Gasteiger partial charge is 0.239 e. The van der Waals surface area contributed by atoms with Gasteiger partial charge in [0.25, 0.3) is 0 Å². The second kappa shape index (κ2) is 7.59. The molecule has 0 atom stereocenters. The highest BCUT2D eigenvalue weighted by atomic mass is 16.5. The van der Waals surface area contributed by atoms with E-state index in [9.17, 15) is 9.90 Å². The van der Waals surface area contributed by atoms with Crippen LogP contribution in [0.5, 0.6) is 34.5 Å². The van der Waals surface area contributed by atoms with Gasteiger partial charge in [-0.15, -0.1) is 0 Å². The Labute approximate surface area is 160 Å². The van der Waals surface area contributed by atoms with Crippen LogP contribution < -0.4 is 29.1 Å². The van der Waals surface area contributed by atoms with Crippen molar-refractivity contribution in [3.05, 3.63) is 34.5 Å². The summed E-state index contributed by atoms with van der Waals surface area (Å²) in [5, 5.41) is 10.5. The molecule has 0 unspecified atom stereocenters. The van der Waals surface area contributed by atoms with Gasteiger partial charge >= 0.3 is 0 Å². The average Bonchev–Trinajstić information content (AvgIpc) is 2.72. The highest BCUT2D eigenvalue weighted by Gasteiger charge is 2.29. The number of rotatable bonds is 6. The molecule has 28 heavy (non-hydrogen) atoms. The molecular formula is C20H20O8. The van der Waals surface area contributed by atoms with Crippen molar-refractivity contribution in [2.75, 3.05) is 35.5 Å². The van der Waals surface area contributed by atoms with E-state index in [0.29, 0.717) is 11.3 Å². The summed E-state index contributed by atoms with van der Waals surface area (Å²) in [5.41, 5.74) is -0.0281. The lowest BCUT2D eigenvalue weighted by Crippen LogP contribution is -2.10. The van der Waals surface area contributed by atoms with Crippen LogP contribution in [0.3, 0.4) is 0 Å². The van der Waals surface area contributed by atoms with Gasteiger partial charge in [0.05, 0.1) is 41.1 Å². The number of hydrogen-bond donors (Lipinski definition) is 1. The maximum absolute atomic E-state index is 13.3. The highest BCUT2D eigenvalue weighted by Crippen LogP contribution is 2.51. The quantitative estimate of drug-likeness (QED) is 0.688. The summed E-state index contributed by atoms with van der Waals surface area (Å²) in [4.78, 5) is 13.3. The maximum atomic E-state index is 13.3. The molecule has 0 aliphatic carbocycles. The molecule has 3 rings (SSSR count). The lowest BCUT2D eigenvalue weighted by atomic mass is 10.1. The van der Waals surface area contributed by atoms with Gasteiger partial charge in [-0.05, 0) is 12.1 Å². The minimum absolute atomic E-state index is 0.00873. The monoisotopic (exact) mass is 388 g/mol. The third kappa shape index (κ3) is 2.74. The van der Waals surface area contributed by atoms with Crippen LogP contribution in [0, 0.1) is 0 Å². The number of phenolic OH excluding ortho intramolecular Hbond substituents is 1. The molecule has 148 valence electrons. The lowest BCUT2D eigenvalue weighted by molar-refractivity contribution is 0.316. The third-order valence-electron chi connectivity index (χ3n) is 4.31. The third-order valence-corrected chi connectivity index (χ3v) is 4.31. The van der Waals surface area contributed by atoms with Gasteiger partial charge in [-0.2, -0.15) is 0 Å². The molecule has 0 fully saturated rings. The second-order valence-corrected chi connectivity index (χ2v) is 5.65. The fourth-order valence-corrected chi connectivity index (χ4v) is 3.09. The van der Waals surface area contributed by atoms with E-state index in [1.54, 1.807) is 24.3 Å². The minimum atomic E-state index is -0.516. The molecule has 0 aliphatic rings. The minimum Gasteiger partial charge on any atom is -0.501 e. The van der Waals surface area contributed by atoms with E-state index in [0.717, 1.165) is 0 Å². The SMILES string of the molecule is COc1ccccc1-c1oc2c(OC)c(O)c(OC)c(OC)c2c(=O)c1OC. The second-order valence-electron chi connectivity index (χ2n) is 5.65. The van der Waals surface area contributed by atoms with Gasteiger partial charge in [-0.1, -0.05) is 12.1 Å². The maximum Gasteiger partial charge on any atom is 0.239 e. The standard InChI is InChI=1S/C20H20O8/c1-23-11-9-7-6-8-10(11)15-18(25-3)13(21)12-16(24-2)19(26-4)14(22)20(27-5)17(12)28-15/h6-9,22H,1-5H3. The molecule has 8 heteroatoms.